The number of rotatable bonds is 5. The van der Waals surface area contributed by atoms with E-state index < -0.39 is 11.3 Å². The van der Waals surface area contributed by atoms with Crippen molar-refractivity contribution >= 4 is 0 Å². The standard InChI is InChI=1S/C6H6O.C5H5.2CH3O.5CH3.Ti/c7-6-4-2-1-3-5-6;1-2-4-5-3-1;2*1-2;;;;;;/h1-5,7H;1-5H;2*1H3;5*1H3;/q;;2*-1;;;;;;+3/p-1. The Bertz CT molecular complexity index is 743. The molecule has 0 bridgehead atoms. The molecule has 0 N–H and O–H groups in total. The molecule has 0 saturated carbocycles. The van der Waals surface area contributed by atoms with Crippen molar-refractivity contribution in [2.45, 2.75) is 30.4 Å². The predicted molar refractivity (Wildman–Crippen MR) is 92.4 cm³/mol. The van der Waals surface area contributed by atoms with Crippen LogP contribution in [0.1, 0.15) is 0 Å². The molecule has 0 unspecified atom stereocenters. The first-order valence-electron chi connectivity index (χ1n) is 8.00. The van der Waals surface area contributed by atoms with Gasteiger partial charge in [-0.3, -0.25) is 0 Å². The predicted octanol–water partition coefficient (Wildman–Crippen LogP) is 6.09. The van der Waals surface area contributed by atoms with Crippen molar-refractivity contribution < 1.29 is 21.3 Å². The van der Waals surface area contributed by atoms with Crippen molar-refractivity contribution in [3.05, 3.63) is 54.6 Å². The zero-order valence-corrected chi connectivity index (χ0v) is 16.6. The van der Waals surface area contributed by atoms with Crippen LogP contribution in [-0.2, 0) is 18.0 Å². The van der Waals surface area contributed by atoms with Crippen LogP contribution in [0.25, 0.3) is 0 Å². The van der Waals surface area contributed by atoms with E-state index in [-0.39, 0.29) is 4.22 Å². The van der Waals surface area contributed by atoms with E-state index in [0.29, 0.717) is 0 Å². The molecule has 0 spiro atoms. The number of allylic oxidation sites excluding steroid dienone is 4. The monoisotopic (exact) mass is 343 g/mol. The van der Waals surface area contributed by atoms with Gasteiger partial charge in [0, 0.05) is 0 Å². The molecule has 0 atom stereocenters. The number of para-hydroxylation sites is 1. The van der Waals surface area contributed by atoms with Crippen LogP contribution in [-0.4, -0.2) is 14.2 Å². The van der Waals surface area contributed by atoms with Gasteiger partial charge in [0.1, 0.15) is 0 Å². The molecular weight excluding hydrogens is 312 g/mol. The molecule has 0 aromatic heterocycles. The van der Waals surface area contributed by atoms with E-state index in [9.17, 15) is 0 Å². The van der Waals surface area contributed by atoms with E-state index in [2.05, 4.69) is 12.2 Å². The fourth-order valence-corrected chi connectivity index (χ4v) is 11.6. The molecule has 22 heavy (non-hydrogen) atoms. The Labute approximate surface area is 126 Å². The second kappa shape index (κ2) is 2.61. The van der Waals surface area contributed by atoms with E-state index in [1.165, 1.54) is 0 Å². The Kier molecular flexibility index (Phi) is 2.08. The summed E-state index contributed by atoms with van der Waals surface area (Å²) < 4.78 is 19.8. The van der Waals surface area contributed by atoms with Crippen LogP contribution < -0.4 is 3.32 Å². The van der Waals surface area contributed by atoms with Crippen LogP contribution in [0, 0.1) is 0 Å². The van der Waals surface area contributed by atoms with Gasteiger partial charge in [0.15, 0.2) is 0 Å². The minimum atomic E-state index is -6.32. The van der Waals surface area contributed by atoms with Gasteiger partial charge in [-0.15, -0.1) is 0 Å². The molecule has 0 radical (unpaired) electrons. The summed E-state index contributed by atoms with van der Waals surface area (Å²) in [6.07, 6.45) is 8.22. The van der Waals surface area contributed by atoms with Gasteiger partial charge < -0.3 is 0 Å². The Balaban J connectivity index is 3.02. The fourth-order valence-electron chi connectivity index (χ4n) is 3.38. The maximum atomic E-state index is 6.93. The Morgan fingerprint density at radius 2 is 1.23 bits per heavy atom. The topological polar surface area (TPSA) is 27.7 Å². The van der Waals surface area contributed by atoms with Crippen LogP contribution >= 0.6 is 0 Å². The molecule has 1 aliphatic carbocycles. The Hall–Kier alpha value is -0.866. The summed E-state index contributed by atoms with van der Waals surface area (Å²) in [6.45, 7) is 0. The van der Waals surface area contributed by atoms with Gasteiger partial charge in [-0.25, -0.2) is 0 Å². The minimum absolute atomic E-state index is 0.171. The molecule has 3 nitrogen and oxygen atoms in total. The van der Waals surface area contributed by atoms with Gasteiger partial charge in [-0.2, -0.15) is 0 Å². The molecule has 1 aliphatic rings. The molecule has 0 heterocycles. The molecule has 4 heteroatoms. The van der Waals surface area contributed by atoms with E-state index in [1.807, 2.05) is 68.6 Å². The SMILES string of the molecule is C[O][Ti]([CH3])([CH3])([CH3])([CH3])([CH3])([O]C)([O]c1ccccc1)[CH]1C=CC=C1. The van der Waals surface area contributed by atoms with Crippen molar-refractivity contribution in [3.63, 3.8) is 0 Å². The third-order valence-corrected chi connectivity index (χ3v) is 24.6. The van der Waals surface area contributed by atoms with Crippen LogP contribution in [0.15, 0.2) is 54.6 Å². The molecule has 1 aromatic carbocycles. The van der Waals surface area contributed by atoms with Crippen LogP contribution in [0.5, 0.6) is 5.75 Å². The van der Waals surface area contributed by atoms with Crippen LogP contribution in [0.2, 0.25) is 30.4 Å². The van der Waals surface area contributed by atoms with Gasteiger partial charge in [0.25, 0.3) is 0 Å². The van der Waals surface area contributed by atoms with E-state index in [0.717, 1.165) is 5.75 Å². The molecule has 0 saturated heterocycles. The second-order valence-corrected chi connectivity index (χ2v) is 47.4. The summed E-state index contributed by atoms with van der Waals surface area (Å²) in [5, 5.41) is 10.2. The second-order valence-electron chi connectivity index (χ2n) is 13.2. The average Bonchev–Trinajstić information content (AvgIpc) is 2.97. The average molecular weight is 343 g/mol. The normalized spacial score (nSPS) is 25.1. The first-order valence-corrected chi connectivity index (χ1v) is 18.6. The van der Waals surface area contributed by atoms with Gasteiger partial charge in [0.2, 0.25) is 0 Å². The van der Waals surface area contributed by atoms with Crippen molar-refractivity contribution in [1.29, 1.82) is 0 Å². The molecule has 0 amide bonds. The van der Waals surface area contributed by atoms with Gasteiger partial charge in [-0.05, 0) is 0 Å². The summed E-state index contributed by atoms with van der Waals surface area (Å²) in [6, 6.07) is 9.73. The first kappa shape index (κ1) is 17.5. The number of hydrogen-bond acceptors (Lipinski definition) is 3. The van der Waals surface area contributed by atoms with E-state index in [1.54, 1.807) is 14.2 Å². The molecule has 2 rings (SSSR count). The first-order chi connectivity index (χ1) is 9.52. The summed E-state index contributed by atoms with van der Waals surface area (Å²) in [5.41, 5.74) is 0. The summed E-state index contributed by atoms with van der Waals surface area (Å²) in [7, 11) is 3.38. The summed E-state index contributed by atoms with van der Waals surface area (Å²) in [4.78, 5) is 0. The van der Waals surface area contributed by atoms with Gasteiger partial charge >= 0.3 is 126 Å². The van der Waals surface area contributed by atoms with Crippen molar-refractivity contribution in [3.8, 4) is 5.75 Å². The Morgan fingerprint density at radius 3 is 1.64 bits per heavy atom. The third kappa shape index (κ3) is 2.00. The quantitative estimate of drug-likeness (QED) is 0.605. The molecule has 125 valence electrons. The molecule has 1 aromatic rings. The number of hydrogen-bond donors (Lipinski definition) is 0. The van der Waals surface area contributed by atoms with Crippen molar-refractivity contribution in [1.82, 2.24) is 0 Å². The fraction of sp³-hybridized carbons (Fsp3) is 0.444. The van der Waals surface area contributed by atoms with Crippen molar-refractivity contribution in [2.24, 2.45) is 0 Å². The Morgan fingerprint density at radius 1 is 0.773 bits per heavy atom. The summed E-state index contributed by atoms with van der Waals surface area (Å²) >= 11 is -6.32. The molecule has 0 fully saturated rings. The van der Waals surface area contributed by atoms with Gasteiger partial charge in [0.05, 0.1) is 0 Å². The third-order valence-electron chi connectivity index (χ3n) is 6.95. The zero-order valence-electron chi connectivity index (χ0n) is 15.0. The van der Waals surface area contributed by atoms with Gasteiger partial charge in [-0.1, -0.05) is 0 Å². The molecule has 0 aliphatic heterocycles. The maximum absolute atomic E-state index is 6.93. The summed E-state index contributed by atoms with van der Waals surface area (Å²) in [5.74, 6) is 0.723. The molecular formula is C18H31O3Ti. The number of benzene rings is 1. The van der Waals surface area contributed by atoms with Crippen LogP contribution in [0.4, 0.5) is 0 Å². The zero-order chi connectivity index (χ0) is 17.0. The van der Waals surface area contributed by atoms with Crippen LogP contribution in [0.3, 0.4) is 0 Å². The van der Waals surface area contributed by atoms with E-state index in [4.69, 9.17) is 9.96 Å². The van der Waals surface area contributed by atoms with Crippen molar-refractivity contribution in [2.75, 3.05) is 14.2 Å². The van der Waals surface area contributed by atoms with E-state index >= 15 is 0 Å².